The summed E-state index contributed by atoms with van der Waals surface area (Å²) in [5.41, 5.74) is 0. The highest BCUT2D eigenvalue weighted by Gasteiger charge is 2.13. The van der Waals surface area contributed by atoms with E-state index in [2.05, 4.69) is 27.7 Å². The Bertz CT molecular complexity index is 386. The molecule has 0 spiro atoms. The van der Waals surface area contributed by atoms with Crippen molar-refractivity contribution in [1.29, 1.82) is 0 Å². The number of hydrogen-bond donors (Lipinski definition) is 0. The van der Waals surface area contributed by atoms with Crippen LogP contribution >= 0.6 is 0 Å². The molecule has 0 amide bonds. The molecule has 0 saturated carbocycles. The first-order valence-corrected chi connectivity index (χ1v) is 10.3. The lowest BCUT2D eigenvalue weighted by Crippen LogP contribution is -2.17. The second kappa shape index (κ2) is 16.9. The molecule has 4 heteroatoms. The van der Waals surface area contributed by atoms with E-state index in [0.29, 0.717) is 25.7 Å². The van der Waals surface area contributed by atoms with Gasteiger partial charge >= 0.3 is 11.9 Å². The zero-order chi connectivity index (χ0) is 19.6. The summed E-state index contributed by atoms with van der Waals surface area (Å²) in [6.07, 6.45) is 15.3. The fraction of sp³-hybridized carbons (Fsp3) is 0.727. The van der Waals surface area contributed by atoms with Crippen LogP contribution in [-0.2, 0) is 19.1 Å². The normalized spacial score (nSPS) is 13.8. The van der Waals surface area contributed by atoms with Gasteiger partial charge in [-0.05, 0) is 50.7 Å². The topological polar surface area (TPSA) is 52.6 Å². The van der Waals surface area contributed by atoms with Gasteiger partial charge in [-0.25, -0.2) is 0 Å². The number of esters is 2. The fourth-order valence-electron chi connectivity index (χ4n) is 2.53. The molecule has 0 radical (unpaired) electrons. The van der Waals surface area contributed by atoms with E-state index in [9.17, 15) is 9.59 Å². The highest BCUT2D eigenvalue weighted by molar-refractivity contribution is 5.71. The van der Waals surface area contributed by atoms with Crippen molar-refractivity contribution in [2.75, 3.05) is 0 Å². The van der Waals surface area contributed by atoms with Crippen molar-refractivity contribution >= 4 is 11.9 Å². The first kappa shape index (κ1) is 24.4. The Morgan fingerprint density at radius 1 is 0.731 bits per heavy atom. The van der Waals surface area contributed by atoms with Crippen molar-refractivity contribution < 1.29 is 19.1 Å². The Morgan fingerprint density at radius 3 is 1.42 bits per heavy atom. The van der Waals surface area contributed by atoms with Gasteiger partial charge in [0.1, 0.15) is 12.2 Å². The van der Waals surface area contributed by atoms with Gasteiger partial charge < -0.3 is 9.47 Å². The maximum absolute atomic E-state index is 11.9. The average molecular weight is 367 g/mol. The van der Waals surface area contributed by atoms with E-state index in [1.165, 1.54) is 0 Å². The van der Waals surface area contributed by atoms with Crippen molar-refractivity contribution in [3.8, 4) is 0 Å². The zero-order valence-electron chi connectivity index (χ0n) is 17.2. The van der Waals surface area contributed by atoms with Gasteiger partial charge in [-0.3, -0.25) is 9.59 Å². The Morgan fingerprint density at radius 2 is 1.12 bits per heavy atom. The second-order valence-electron chi connectivity index (χ2n) is 6.51. The quantitative estimate of drug-likeness (QED) is 0.206. The molecule has 0 aromatic heterocycles. The van der Waals surface area contributed by atoms with Gasteiger partial charge in [0.25, 0.3) is 0 Å². The summed E-state index contributed by atoms with van der Waals surface area (Å²) in [6.45, 7) is 8.27. The Kier molecular flexibility index (Phi) is 15.8. The van der Waals surface area contributed by atoms with Crippen LogP contribution in [0.3, 0.4) is 0 Å². The van der Waals surface area contributed by atoms with E-state index in [0.717, 1.165) is 38.5 Å². The maximum Gasteiger partial charge on any atom is 0.306 e. The molecule has 0 aliphatic carbocycles. The predicted octanol–water partition coefficient (Wildman–Crippen LogP) is 5.90. The molecule has 0 rings (SSSR count). The molecule has 0 heterocycles. The van der Waals surface area contributed by atoms with E-state index < -0.39 is 0 Å². The van der Waals surface area contributed by atoms with Crippen LogP contribution in [0.2, 0.25) is 0 Å². The molecule has 0 aliphatic heterocycles. The minimum Gasteiger partial charge on any atom is -0.458 e. The predicted molar refractivity (Wildman–Crippen MR) is 107 cm³/mol. The van der Waals surface area contributed by atoms with Crippen LogP contribution in [0.25, 0.3) is 0 Å². The summed E-state index contributed by atoms with van der Waals surface area (Å²) in [5, 5.41) is 0. The smallest absolute Gasteiger partial charge is 0.306 e. The number of rotatable bonds is 15. The summed E-state index contributed by atoms with van der Waals surface area (Å²) < 4.78 is 11.0. The number of allylic oxidation sites excluding steroid dienone is 2. The summed E-state index contributed by atoms with van der Waals surface area (Å²) >= 11 is 0. The summed E-state index contributed by atoms with van der Waals surface area (Å²) in [6, 6.07) is 0. The molecule has 150 valence electrons. The minimum atomic E-state index is -0.188. The summed E-state index contributed by atoms with van der Waals surface area (Å²) in [5.74, 6) is -0.375. The van der Waals surface area contributed by atoms with E-state index in [-0.39, 0.29) is 24.1 Å². The zero-order valence-corrected chi connectivity index (χ0v) is 17.2. The van der Waals surface area contributed by atoms with E-state index in [1.807, 2.05) is 24.3 Å². The molecule has 0 N–H and O–H groups in total. The molecular weight excluding hydrogens is 328 g/mol. The van der Waals surface area contributed by atoms with Gasteiger partial charge in [-0.1, -0.05) is 52.7 Å². The van der Waals surface area contributed by atoms with Crippen LogP contribution in [0.15, 0.2) is 24.3 Å². The summed E-state index contributed by atoms with van der Waals surface area (Å²) in [7, 11) is 0. The van der Waals surface area contributed by atoms with Crippen LogP contribution in [0.5, 0.6) is 0 Å². The lowest BCUT2D eigenvalue weighted by molar-refractivity contribution is -0.149. The van der Waals surface area contributed by atoms with Crippen molar-refractivity contribution in [1.82, 2.24) is 0 Å². The van der Waals surface area contributed by atoms with Crippen LogP contribution < -0.4 is 0 Å². The molecular formula is C22H38O4. The van der Waals surface area contributed by atoms with Gasteiger partial charge in [-0.15, -0.1) is 0 Å². The highest BCUT2D eigenvalue weighted by atomic mass is 16.5. The van der Waals surface area contributed by atoms with Crippen LogP contribution in [0.1, 0.15) is 91.9 Å². The first-order chi connectivity index (χ1) is 12.6. The lowest BCUT2D eigenvalue weighted by Gasteiger charge is -2.14. The molecule has 0 saturated heterocycles. The fourth-order valence-corrected chi connectivity index (χ4v) is 2.53. The highest BCUT2D eigenvalue weighted by Crippen LogP contribution is 2.11. The standard InChI is InChI=1S/C22H38O4/c1-5-9-15-19(13-7-3)25-21(23)17-11-12-18-22(24)26-20(14-8-4)16-10-6-2/h9-10,15-16,19-20H,5-8,11-14,17-18H2,1-4H3/b15-9+,16-10+. The van der Waals surface area contributed by atoms with Gasteiger partial charge in [0.15, 0.2) is 0 Å². The van der Waals surface area contributed by atoms with E-state index in [4.69, 9.17) is 9.47 Å². The Labute approximate surface area is 160 Å². The van der Waals surface area contributed by atoms with Crippen LogP contribution in [-0.4, -0.2) is 24.1 Å². The van der Waals surface area contributed by atoms with Gasteiger partial charge in [0, 0.05) is 12.8 Å². The largest absolute Gasteiger partial charge is 0.458 e. The molecule has 26 heavy (non-hydrogen) atoms. The number of carbonyl (C=O) groups excluding carboxylic acids is 2. The van der Waals surface area contributed by atoms with Crippen molar-refractivity contribution in [3.05, 3.63) is 24.3 Å². The van der Waals surface area contributed by atoms with E-state index >= 15 is 0 Å². The minimum absolute atomic E-state index is 0.127. The number of ether oxygens (including phenoxy) is 2. The van der Waals surface area contributed by atoms with Crippen molar-refractivity contribution in [3.63, 3.8) is 0 Å². The third-order valence-corrected chi connectivity index (χ3v) is 3.90. The molecule has 0 aliphatic rings. The first-order valence-electron chi connectivity index (χ1n) is 10.3. The second-order valence-corrected chi connectivity index (χ2v) is 6.51. The molecule has 0 aromatic carbocycles. The SMILES string of the molecule is CC/C=C/C(CCC)OC(=O)CCCCC(=O)OC(/C=C/CC)CCC. The monoisotopic (exact) mass is 366 g/mol. The third-order valence-electron chi connectivity index (χ3n) is 3.90. The van der Waals surface area contributed by atoms with Crippen LogP contribution in [0.4, 0.5) is 0 Å². The molecule has 0 aromatic rings. The molecule has 4 nitrogen and oxygen atoms in total. The van der Waals surface area contributed by atoms with Crippen molar-refractivity contribution in [2.24, 2.45) is 0 Å². The van der Waals surface area contributed by atoms with Gasteiger partial charge in [-0.2, -0.15) is 0 Å². The maximum atomic E-state index is 11.9. The molecule has 0 bridgehead atoms. The van der Waals surface area contributed by atoms with Gasteiger partial charge in [0.2, 0.25) is 0 Å². The van der Waals surface area contributed by atoms with Crippen LogP contribution in [0, 0.1) is 0 Å². The van der Waals surface area contributed by atoms with Gasteiger partial charge in [0.05, 0.1) is 0 Å². The molecule has 2 unspecified atom stereocenters. The average Bonchev–Trinajstić information content (AvgIpc) is 2.61. The molecule has 0 fully saturated rings. The Balaban J connectivity index is 4.07. The number of unbranched alkanes of at least 4 members (excludes halogenated alkanes) is 1. The molecule has 2 atom stereocenters. The van der Waals surface area contributed by atoms with E-state index in [1.54, 1.807) is 0 Å². The Hall–Kier alpha value is -1.58. The summed E-state index contributed by atoms with van der Waals surface area (Å²) in [4.78, 5) is 23.9. The third kappa shape index (κ3) is 13.7. The number of hydrogen-bond acceptors (Lipinski definition) is 4. The van der Waals surface area contributed by atoms with Crippen molar-refractivity contribution in [2.45, 2.75) is 104 Å². The number of carbonyl (C=O) groups is 2. The lowest BCUT2D eigenvalue weighted by atomic mass is 10.1.